The van der Waals surface area contributed by atoms with Gasteiger partial charge in [0.15, 0.2) is 0 Å². The van der Waals surface area contributed by atoms with Crippen LogP contribution in [0.15, 0.2) is 48.7 Å². The van der Waals surface area contributed by atoms with Crippen LogP contribution in [0.2, 0.25) is 0 Å². The third kappa shape index (κ3) is 1.87. The second-order valence-corrected chi connectivity index (χ2v) is 4.30. The zero-order valence-electron chi connectivity index (χ0n) is 9.99. The lowest BCUT2D eigenvalue weighted by atomic mass is 10.1. The monoisotopic (exact) mass is 239 g/mol. The van der Waals surface area contributed by atoms with E-state index in [0.29, 0.717) is 5.69 Å². The number of aliphatic hydroxyl groups is 1. The van der Waals surface area contributed by atoms with Gasteiger partial charge in [-0.25, -0.2) is 4.68 Å². The first-order chi connectivity index (χ1) is 8.74. The lowest BCUT2D eigenvalue weighted by Crippen LogP contribution is -1.94. The number of aliphatic hydroxyl groups excluding tert-OH is 1. The molecular weight excluding hydrogens is 226 g/mol. The van der Waals surface area contributed by atoms with Crippen LogP contribution in [0.1, 0.15) is 18.7 Å². The van der Waals surface area contributed by atoms with Crippen LogP contribution < -0.4 is 0 Å². The molecule has 3 aromatic rings. The van der Waals surface area contributed by atoms with E-state index in [1.165, 1.54) is 5.39 Å². The zero-order chi connectivity index (χ0) is 12.5. The van der Waals surface area contributed by atoms with E-state index >= 15 is 0 Å². The predicted octanol–water partition coefficient (Wildman–Crippen LogP) is 2.47. The molecule has 0 spiro atoms. The Morgan fingerprint density at radius 1 is 1.11 bits per heavy atom. The summed E-state index contributed by atoms with van der Waals surface area (Å²) in [4.78, 5) is 0. The minimum Gasteiger partial charge on any atom is -0.387 e. The van der Waals surface area contributed by atoms with Gasteiger partial charge in [0.05, 0.1) is 18.0 Å². The van der Waals surface area contributed by atoms with Crippen LogP contribution in [-0.2, 0) is 0 Å². The van der Waals surface area contributed by atoms with E-state index in [9.17, 15) is 5.11 Å². The lowest BCUT2D eigenvalue weighted by Gasteiger charge is -2.02. The molecule has 1 aromatic heterocycles. The van der Waals surface area contributed by atoms with Crippen molar-refractivity contribution in [3.63, 3.8) is 0 Å². The van der Waals surface area contributed by atoms with Crippen LogP contribution in [0.5, 0.6) is 0 Å². The van der Waals surface area contributed by atoms with Gasteiger partial charge in [0.2, 0.25) is 0 Å². The van der Waals surface area contributed by atoms with Gasteiger partial charge in [-0.05, 0) is 29.8 Å². The number of aromatic nitrogens is 3. The average Bonchev–Trinajstić information content (AvgIpc) is 2.88. The minimum absolute atomic E-state index is 0.572. The largest absolute Gasteiger partial charge is 0.387 e. The number of nitrogens with zero attached hydrogens (tertiary/aromatic N) is 3. The van der Waals surface area contributed by atoms with E-state index in [-0.39, 0.29) is 0 Å². The minimum atomic E-state index is -0.598. The number of hydrogen-bond acceptors (Lipinski definition) is 3. The molecule has 0 saturated carbocycles. The summed E-state index contributed by atoms with van der Waals surface area (Å²) in [6.07, 6.45) is 1.15. The third-order valence-corrected chi connectivity index (χ3v) is 2.94. The molecule has 0 radical (unpaired) electrons. The molecule has 1 unspecified atom stereocenters. The molecule has 3 rings (SSSR count). The maximum atomic E-state index is 9.44. The first-order valence-corrected chi connectivity index (χ1v) is 5.83. The van der Waals surface area contributed by atoms with Crippen molar-refractivity contribution in [1.82, 2.24) is 15.0 Å². The Morgan fingerprint density at radius 3 is 2.61 bits per heavy atom. The van der Waals surface area contributed by atoms with Crippen molar-refractivity contribution in [3.8, 4) is 5.69 Å². The van der Waals surface area contributed by atoms with Gasteiger partial charge in [-0.3, -0.25) is 0 Å². The maximum Gasteiger partial charge on any atom is 0.111 e. The highest BCUT2D eigenvalue weighted by Gasteiger charge is 2.07. The van der Waals surface area contributed by atoms with Crippen molar-refractivity contribution in [2.75, 3.05) is 0 Å². The second kappa shape index (κ2) is 4.23. The molecule has 0 bridgehead atoms. The first kappa shape index (κ1) is 10.9. The van der Waals surface area contributed by atoms with Crippen LogP contribution in [0.25, 0.3) is 16.5 Å². The molecule has 1 atom stereocenters. The summed E-state index contributed by atoms with van der Waals surface area (Å²) in [6, 6.07) is 14.2. The van der Waals surface area contributed by atoms with Gasteiger partial charge in [-0.2, -0.15) is 0 Å². The Kier molecular flexibility index (Phi) is 2.57. The van der Waals surface area contributed by atoms with Crippen LogP contribution in [0.3, 0.4) is 0 Å². The molecule has 1 N–H and O–H groups in total. The summed E-state index contributed by atoms with van der Waals surface area (Å²) in [5.74, 6) is 0. The molecule has 0 saturated heterocycles. The standard InChI is InChI=1S/C14H13N3O/c1-10(18)14-9-17(16-15-14)13-7-6-11-4-2-3-5-12(11)8-13/h2-10,18H,1H3. The fraction of sp³-hybridized carbons (Fsp3) is 0.143. The smallest absolute Gasteiger partial charge is 0.111 e. The van der Waals surface area contributed by atoms with Crippen molar-refractivity contribution in [1.29, 1.82) is 0 Å². The Balaban J connectivity index is 2.07. The maximum absolute atomic E-state index is 9.44. The predicted molar refractivity (Wildman–Crippen MR) is 69.5 cm³/mol. The summed E-state index contributed by atoms with van der Waals surface area (Å²) in [5, 5.41) is 19.7. The van der Waals surface area contributed by atoms with Gasteiger partial charge in [0, 0.05) is 0 Å². The molecule has 4 heteroatoms. The number of benzene rings is 2. The Bertz CT molecular complexity index is 688. The Labute approximate surface area is 104 Å². The molecule has 0 amide bonds. The summed E-state index contributed by atoms with van der Waals surface area (Å²) >= 11 is 0. The van der Waals surface area contributed by atoms with Crippen molar-refractivity contribution in [2.45, 2.75) is 13.0 Å². The summed E-state index contributed by atoms with van der Waals surface area (Å²) in [7, 11) is 0. The van der Waals surface area contributed by atoms with Crippen LogP contribution >= 0.6 is 0 Å². The summed E-state index contributed by atoms with van der Waals surface area (Å²) < 4.78 is 1.68. The highest BCUT2D eigenvalue weighted by atomic mass is 16.3. The normalized spacial score (nSPS) is 12.8. The Hall–Kier alpha value is -2.20. The fourth-order valence-electron chi connectivity index (χ4n) is 1.91. The highest BCUT2D eigenvalue weighted by molar-refractivity contribution is 5.84. The topological polar surface area (TPSA) is 50.9 Å². The van der Waals surface area contributed by atoms with Crippen molar-refractivity contribution < 1.29 is 5.11 Å². The molecule has 18 heavy (non-hydrogen) atoms. The molecule has 0 fully saturated rings. The van der Waals surface area contributed by atoms with Crippen LogP contribution in [-0.4, -0.2) is 20.1 Å². The van der Waals surface area contributed by atoms with Crippen molar-refractivity contribution in [3.05, 3.63) is 54.4 Å². The molecule has 0 aliphatic carbocycles. The molecule has 90 valence electrons. The second-order valence-electron chi connectivity index (χ2n) is 4.30. The number of hydrogen-bond donors (Lipinski definition) is 1. The van der Waals surface area contributed by atoms with E-state index in [0.717, 1.165) is 11.1 Å². The number of fused-ring (bicyclic) bond motifs is 1. The number of rotatable bonds is 2. The molecule has 2 aromatic carbocycles. The van der Waals surface area contributed by atoms with Gasteiger partial charge in [0.1, 0.15) is 5.69 Å². The molecular formula is C14H13N3O. The first-order valence-electron chi connectivity index (χ1n) is 5.83. The van der Waals surface area contributed by atoms with E-state index in [1.807, 2.05) is 24.3 Å². The SMILES string of the molecule is CC(O)c1cn(-c2ccc3ccccc3c2)nn1. The fourth-order valence-corrected chi connectivity index (χ4v) is 1.91. The van der Waals surface area contributed by atoms with E-state index in [2.05, 4.69) is 28.5 Å². The van der Waals surface area contributed by atoms with Gasteiger partial charge >= 0.3 is 0 Å². The van der Waals surface area contributed by atoms with Gasteiger partial charge in [-0.15, -0.1) is 5.10 Å². The molecule has 4 nitrogen and oxygen atoms in total. The summed E-state index contributed by atoms with van der Waals surface area (Å²) in [5.41, 5.74) is 1.51. The zero-order valence-corrected chi connectivity index (χ0v) is 9.99. The summed E-state index contributed by atoms with van der Waals surface area (Å²) in [6.45, 7) is 1.68. The van der Waals surface area contributed by atoms with Gasteiger partial charge < -0.3 is 5.11 Å². The van der Waals surface area contributed by atoms with E-state index in [4.69, 9.17) is 0 Å². The van der Waals surface area contributed by atoms with Crippen LogP contribution in [0, 0.1) is 0 Å². The van der Waals surface area contributed by atoms with E-state index < -0.39 is 6.10 Å². The van der Waals surface area contributed by atoms with E-state index in [1.54, 1.807) is 17.8 Å². The highest BCUT2D eigenvalue weighted by Crippen LogP contribution is 2.18. The van der Waals surface area contributed by atoms with Crippen molar-refractivity contribution >= 4 is 10.8 Å². The molecule has 1 heterocycles. The van der Waals surface area contributed by atoms with Gasteiger partial charge in [-0.1, -0.05) is 35.5 Å². The van der Waals surface area contributed by atoms with Crippen molar-refractivity contribution in [2.24, 2.45) is 0 Å². The lowest BCUT2D eigenvalue weighted by molar-refractivity contribution is 0.194. The molecule has 0 aliphatic rings. The average molecular weight is 239 g/mol. The molecule has 0 aliphatic heterocycles. The Morgan fingerprint density at radius 2 is 1.89 bits per heavy atom. The van der Waals surface area contributed by atoms with Gasteiger partial charge in [0.25, 0.3) is 0 Å². The third-order valence-electron chi connectivity index (χ3n) is 2.94. The quantitative estimate of drug-likeness (QED) is 0.747. The van der Waals surface area contributed by atoms with Crippen LogP contribution in [0.4, 0.5) is 0 Å².